The smallest absolute Gasteiger partial charge is 0.328 e. The van der Waals surface area contributed by atoms with Crippen LogP contribution in [0.1, 0.15) is 30.1 Å². The lowest BCUT2D eigenvalue weighted by molar-refractivity contribution is 0.0565. The summed E-state index contributed by atoms with van der Waals surface area (Å²) in [6.45, 7) is -1.27. The molecule has 0 aromatic carbocycles. The lowest BCUT2D eigenvalue weighted by Gasteiger charge is -2.27. The van der Waals surface area contributed by atoms with Crippen molar-refractivity contribution in [3.05, 3.63) is 40.2 Å². The number of aromatic nitrogens is 3. The minimum absolute atomic E-state index is 0.459. The van der Waals surface area contributed by atoms with Gasteiger partial charge >= 0.3 is 6.55 Å². The second-order valence-electron chi connectivity index (χ2n) is 5.12. The van der Waals surface area contributed by atoms with E-state index in [1.165, 1.54) is 6.20 Å². The molecule has 0 amide bonds. The zero-order valence-electron chi connectivity index (χ0n) is 11.6. The van der Waals surface area contributed by atoms with E-state index in [0.29, 0.717) is 16.9 Å². The molecule has 1 saturated heterocycles. The van der Waals surface area contributed by atoms with Crippen molar-refractivity contribution in [2.45, 2.75) is 19.4 Å². The summed E-state index contributed by atoms with van der Waals surface area (Å²) in [6.07, 6.45) is 5.02. The van der Waals surface area contributed by atoms with E-state index in [2.05, 4.69) is 20.0 Å². The maximum absolute atomic E-state index is 12.7. The van der Waals surface area contributed by atoms with Crippen molar-refractivity contribution in [1.29, 1.82) is 0 Å². The maximum Gasteiger partial charge on any atom is 0.333 e. The van der Waals surface area contributed by atoms with Gasteiger partial charge in [-0.3, -0.25) is 4.99 Å². The summed E-state index contributed by atoms with van der Waals surface area (Å²) < 4.78 is 26.1. The summed E-state index contributed by atoms with van der Waals surface area (Å²) in [7, 11) is 0. The van der Waals surface area contributed by atoms with Gasteiger partial charge in [0, 0.05) is 35.6 Å². The van der Waals surface area contributed by atoms with Gasteiger partial charge in [-0.2, -0.15) is 13.9 Å². The number of hydrogen-bond donors (Lipinski definition) is 0. The number of amidine groups is 1. The van der Waals surface area contributed by atoms with Crippen LogP contribution in [0.4, 0.5) is 8.78 Å². The van der Waals surface area contributed by atoms with Crippen LogP contribution in [0.3, 0.4) is 0 Å². The first kappa shape index (κ1) is 13.6. The summed E-state index contributed by atoms with van der Waals surface area (Å²) in [6, 6.07) is 1.63. The number of hydrogen-bond acceptors (Lipinski definition) is 5. The molecule has 2 aromatic rings. The molecule has 2 aliphatic heterocycles. The third-order valence-corrected chi connectivity index (χ3v) is 4.62. The predicted molar refractivity (Wildman–Crippen MR) is 79.9 cm³/mol. The van der Waals surface area contributed by atoms with Gasteiger partial charge in [-0.1, -0.05) is 0 Å². The van der Waals surface area contributed by atoms with Gasteiger partial charge in [-0.15, -0.1) is 11.3 Å². The second kappa shape index (κ2) is 5.28. The monoisotopic (exact) mass is 321 g/mol. The Labute approximate surface area is 129 Å². The molecule has 0 bridgehead atoms. The van der Waals surface area contributed by atoms with E-state index in [9.17, 15) is 8.78 Å². The van der Waals surface area contributed by atoms with Gasteiger partial charge in [-0.25, -0.2) is 9.67 Å². The fourth-order valence-electron chi connectivity index (χ4n) is 2.91. The Morgan fingerprint density at radius 1 is 1.32 bits per heavy atom. The number of halogens is 2. The van der Waals surface area contributed by atoms with E-state index in [4.69, 9.17) is 0 Å². The number of aliphatic imine (C=N–C) groups is 1. The van der Waals surface area contributed by atoms with Gasteiger partial charge in [0.05, 0.1) is 12.2 Å². The molecule has 114 valence electrons. The molecular weight excluding hydrogens is 308 g/mol. The molecule has 1 fully saturated rings. The van der Waals surface area contributed by atoms with Crippen molar-refractivity contribution in [2.24, 2.45) is 4.99 Å². The number of thiazole rings is 1. The molecule has 0 radical (unpaired) electrons. The zero-order chi connectivity index (χ0) is 15.1. The fourth-order valence-corrected chi connectivity index (χ4v) is 3.56. The summed E-state index contributed by atoms with van der Waals surface area (Å²) >= 11 is 1.56. The van der Waals surface area contributed by atoms with Gasteiger partial charge in [0.15, 0.2) is 10.8 Å². The molecule has 4 heterocycles. The maximum atomic E-state index is 12.7. The van der Waals surface area contributed by atoms with Gasteiger partial charge in [0.2, 0.25) is 0 Å². The Morgan fingerprint density at radius 3 is 2.95 bits per heavy atom. The number of rotatable bonds is 3. The molecule has 0 aliphatic carbocycles. The Balaban J connectivity index is 1.71. The van der Waals surface area contributed by atoms with E-state index in [-0.39, 0.29) is 0 Å². The molecule has 2 aromatic heterocycles. The van der Waals surface area contributed by atoms with Gasteiger partial charge in [0.25, 0.3) is 0 Å². The van der Waals surface area contributed by atoms with Crippen molar-refractivity contribution < 1.29 is 8.78 Å². The molecule has 5 nitrogen and oxygen atoms in total. The first-order valence-corrected chi connectivity index (χ1v) is 7.89. The SMILES string of the molecule is FC(F)n1ccc(C2=C3CCCN3C(c3nccs3)=NC2)n1. The summed E-state index contributed by atoms with van der Waals surface area (Å²) in [4.78, 5) is 11.1. The van der Waals surface area contributed by atoms with Crippen molar-refractivity contribution in [2.75, 3.05) is 13.1 Å². The van der Waals surface area contributed by atoms with E-state index >= 15 is 0 Å². The van der Waals surface area contributed by atoms with Crippen LogP contribution in [0, 0.1) is 0 Å². The third kappa shape index (κ3) is 2.14. The topological polar surface area (TPSA) is 46.3 Å². The number of fused-ring (bicyclic) bond motifs is 1. The third-order valence-electron chi connectivity index (χ3n) is 3.85. The molecule has 4 rings (SSSR count). The Kier molecular flexibility index (Phi) is 3.25. The van der Waals surface area contributed by atoms with Gasteiger partial charge in [-0.05, 0) is 18.9 Å². The number of nitrogens with zero attached hydrogens (tertiary/aromatic N) is 5. The van der Waals surface area contributed by atoms with Gasteiger partial charge < -0.3 is 4.90 Å². The molecule has 0 spiro atoms. The van der Waals surface area contributed by atoms with Crippen LogP contribution in [0.5, 0.6) is 0 Å². The Morgan fingerprint density at radius 2 is 2.23 bits per heavy atom. The summed E-state index contributed by atoms with van der Waals surface area (Å²) in [5.41, 5.74) is 2.67. The van der Waals surface area contributed by atoms with Crippen molar-refractivity contribution in [3.63, 3.8) is 0 Å². The van der Waals surface area contributed by atoms with Crippen LogP contribution in [-0.2, 0) is 0 Å². The molecular formula is C14H13F2N5S. The molecule has 8 heteroatoms. The Bertz CT molecular complexity index is 747. The first-order valence-electron chi connectivity index (χ1n) is 7.01. The van der Waals surface area contributed by atoms with Crippen LogP contribution in [0.2, 0.25) is 0 Å². The fraction of sp³-hybridized carbons (Fsp3) is 0.357. The molecule has 0 N–H and O–H groups in total. The highest BCUT2D eigenvalue weighted by atomic mass is 32.1. The van der Waals surface area contributed by atoms with Crippen LogP contribution in [0.25, 0.3) is 5.57 Å². The Hall–Kier alpha value is -2.09. The van der Waals surface area contributed by atoms with Gasteiger partial charge in [0.1, 0.15) is 0 Å². The van der Waals surface area contributed by atoms with Crippen molar-refractivity contribution in [1.82, 2.24) is 19.7 Å². The lowest BCUT2D eigenvalue weighted by atomic mass is 10.1. The first-order chi connectivity index (χ1) is 10.7. The highest BCUT2D eigenvalue weighted by Crippen LogP contribution is 2.34. The van der Waals surface area contributed by atoms with E-state index < -0.39 is 6.55 Å². The van der Waals surface area contributed by atoms with E-state index in [0.717, 1.165) is 41.5 Å². The van der Waals surface area contributed by atoms with Crippen molar-refractivity contribution >= 4 is 22.7 Å². The van der Waals surface area contributed by atoms with E-state index in [1.54, 1.807) is 23.6 Å². The minimum atomic E-state index is -2.61. The minimum Gasteiger partial charge on any atom is -0.328 e. The van der Waals surface area contributed by atoms with Crippen LogP contribution >= 0.6 is 11.3 Å². The molecule has 0 saturated carbocycles. The second-order valence-corrected chi connectivity index (χ2v) is 6.01. The number of allylic oxidation sites excluding steroid dienone is 1. The standard InChI is InChI=1S/C14H13F2N5S/c15-14(16)21-6-3-10(19-21)9-8-18-12(13-17-4-7-22-13)20-5-1-2-11(9)20/h3-4,6-7,14H,1-2,5,8H2. The molecule has 2 aliphatic rings. The average molecular weight is 321 g/mol. The van der Waals surface area contributed by atoms with Crippen LogP contribution < -0.4 is 0 Å². The largest absolute Gasteiger partial charge is 0.333 e. The van der Waals surface area contributed by atoms with Crippen LogP contribution in [0.15, 0.2) is 34.5 Å². The van der Waals surface area contributed by atoms with E-state index in [1.807, 2.05) is 5.38 Å². The molecule has 22 heavy (non-hydrogen) atoms. The lowest BCUT2D eigenvalue weighted by Crippen LogP contribution is -2.31. The highest BCUT2D eigenvalue weighted by Gasteiger charge is 2.31. The molecule has 0 atom stereocenters. The summed E-state index contributed by atoms with van der Waals surface area (Å²) in [5, 5.41) is 6.81. The average Bonchev–Trinajstić information content (AvgIpc) is 3.26. The highest BCUT2D eigenvalue weighted by molar-refractivity contribution is 7.11. The number of alkyl halides is 2. The molecule has 0 unspecified atom stereocenters. The quantitative estimate of drug-likeness (QED) is 0.873. The normalized spacial score (nSPS) is 18.1. The van der Waals surface area contributed by atoms with Crippen molar-refractivity contribution in [3.8, 4) is 0 Å². The predicted octanol–water partition coefficient (Wildman–Crippen LogP) is 3.00. The van der Waals surface area contributed by atoms with Crippen LogP contribution in [-0.4, -0.2) is 38.6 Å². The zero-order valence-corrected chi connectivity index (χ0v) is 12.4. The summed E-state index contributed by atoms with van der Waals surface area (Å²) in [5.74, 6) is 0.888.